The highest BCUT2D eigenvalue weighted by Gasteiger charge is 2.34. The molecule has 0 spiro atoms. The molecule has 4 aromatic rings. The average molecular weight is 381 g/mol. The van der Waals surface area contributed by atoms with E-state index in [1.54, 1.807) is 6.20 Å². The molecule has 2 heterocycles. The Morgan fingerprint density at radius 3 is 2.31 bits per heavy atom. The number of pyridine rings is 2. The molecule has 0 bridgehead atoms. The van der Waals surface area contributed by atoms with Crippen LogP contribution in [-0.2, 0) is 5.54 Å². The Hall–Kier alpha value is -3.28. The van der Waals surface area contributed by atoms with E-state index in [2.05, 4.69) is 52.9 Å². The van der Waals surface area contributed by atoms with Gasteiger partial charge in [0.25, 0.3) is 0 Å². The van der Waals surface area contributed by atoms with Gasteiger partial charge in [0.15, 0.2) is 0 Å². The predicted octanol–water partition coefficient (Wildman–Crippen LogP) is 4.59. The number of hydrogen-bond acceptors (Lipinski definition) is 5. The van der Waals surface area contributed by atoms with Gasteiger partial charge in [-0.15, -0.1) is 0 Å². The van der Waals surface area contributed by atoms with Crippen LogP contribution in [0.25, 0.3) is 33.3 Å². The molecule has 0 aliphatic heterocycles. The van der Waals surface area contributed by atoms with E-state index in [0.29, 0.717) is 5.82 Å². The number of benzene rings is 2. The van der Waals surface area contributed by atoms with Crippen molar-refractivity contribution in [3.05, 3.63) is 78.5 Å². The van der Waals surface area contributed by atoms with Gasteiger partial charge in [0.1, 0.15) is 5.82 Å². The van der Waals surface area contributed by atoms with Crippen LogP contribution < -0.4 is 17.0 Å². The summed E-state index contributed by atoms with van der Waals surface area (Å²) < 4.78 is 0. The number of fused-ring (bicyclic) bond motifs is 1. The average Bonchev–Trinajstić information content (AvgIpc) is 2.77. The van der Waals surface area contributed by atoms with Crippen LogP contribution in [0, 0.1) is 0 Å². The van der Waals surface area contributed by atoms with Gasteiger partial charge in [-0.05, 0) is 42.5 Å². The minimum absolute atomic E-state index is 0.162. The second kappa shape index (κ2) is 6.95. The normalized spacial score (nSPS) is 15.1. The second-order valence-electron chi connectivity index (χ2n) is 7.71. The summed E-state index contributed by atoms with van der Waals surface area (Å²) in [4.78, 5) is 9.32. The molecule has 1 aliphatic carbocycles. The molecular formula is C24H23N5. The molecule has 1 aliphatic rings. The Bertz CT molecular complexity index is 1170. The quantitative estimate of drug-likeness (QED) is 0.355. The molecule has 5 nitrogen and oxygen atoms in total. The zero-order valence-corrected chi connectivity index (χ0v) is 16.1. The molecule has 144 valence electrons. The number of nitrogens with two attached hydrogens (primary N) is 2. The maximum atomic E-state index is 6.50. The van der Waals surface area contributed by atoms with E-state index in [-0.39, 0.29) is 5.54 Å². The van der Waals surface area contributed by atoms with Gasteiger partial charge >= 0.3 is 0 Å². The highest BCUT2D eigenvalue weighted by Crippen LogP contribution is 2.40. The second-order valence-corrected chi connectivity index (χ2v) is 7.71. The highest BCUT2D eigenvalue weighted by atomic mass is 15.2. The van der Waals surface area contributed by atoms with Crippen LogP contribution in [0.4, 0.5) is 5.82 Å². The van der Waals surface area contributed by atoms with Crippen LogP contribution in [0.3, 0.4) is 0 Å². The predicted molar refractivity (Wildman–Crippen MR) is 118 cm³/mol. The van der Waals surface area contributed by atoms with Gasteiger partial charge in [-0.25, -0.2) is 15.8 Å². The zero-order chi connectivity index (χ0) is 19.8. The minimum Gasteiger partial charge on any atom is -0.321 e. The van der Waals surface area contributed by atoms with Gasteiger partial charge in [0, 0.05) is 28.2 Å². The summed E-state index contributed by atoms with van der Waals surface area (Å²) in [6.45, 7) is 0. The van der Waals surface area contributed by atoms with Gasteiger partial charge < -0.3 is 11.2 Å². The largest absolute Gasteiger partial charge is 0.321 e. The van der Waals surface area contributed by atoms with Gasteiger partial charge in [0.2, 0.25) is 0 Å². The van der Waals surface area contributed by atoms with E-state index in [1.165, 1.54) is 12.0 Å². The number of anilines is 1. The first-order valence-corrected chi connectivity index (χ1v) is 9.89. The lowest BCUT2D eigenvalue weighted by atomic mass is 9.72. The molecule has 0 saturated heterocycles. The molecule has 5 rings (SSSR count). The number of nitrogens with one attached hydrogen (secondary N) is 1. The smallest absolute Gasteiger partial charge is 0.149 e. The lowest BCUT2D eigenvalue weighted by Gasteiger charge is -2.38. The van der Waals surface area contributed by atoms with Crippen LogP contribution in [0.15, 0.2) is 72.9 Å². The van der Waals surface area contributed by atoms with Crippen LogP contribution in [0.5, 0.6) is 0 Å². The van der Waals surface area contributed by atoms with Crippen molar-refractivity contribution >= 4 is 16.7 Å². The summed E-state index contributed by atoms with van der Waals surface area (Å²) in [5.74, 6) is 6.29. The van der Waals surface area contributed by atoms with Crippen molar-refractivity contribution in [3.63, 3.8) is 0 Å². The molecule has 5 N–H and O–H groups in total. The third-order valence-corrected chi connectivity index (χ3v) is 5.94. The van der Waals surface area contributed by atoms with E-state index in [0.717, 1.165) is 46.1 Å². The maximum Gasteiger partial charge on any atom is 0.149 e. The molecule has 2 aromatic heterocycles. The van der Waals surface area contributed by atoms with Gasteiger partial charge in [-0.3, -0.25) is 0 Å². The minimum atomic E-state index is -0.162. The Morgan fingerprint density at radius 2 is 1.66 bits per heavy atom. The van der Waals surface area contributed by atoms with Crippen molar-refractivity contribution in [3.8, 4) is 22.4 Å². The van der Waals surface area contributed by atoms with Crippen molar-refractivity contribution < 1.29 is 0 Å². The topological polar surface area (TPSA) is 89.8 Å². The lowest BCUT2D eigenvalue weighted by molar-refractivity contribution is 0.253. The van der Waals surface area contributed by atoms with Crippen molar-refractivity contribution in [1.29, 1.82) is 0 Å². The molecule has 0 radical (unpaired) electrons. The molecule has 0 atom stereocenters. The van der Waals surface area contributed by atoms with Crippen LogP contribution in [0.2, 0.25) is 0 Å². The fourth-order valence-electron chi connectivity index (χ4n) is 4.08. The Kier molecular flexibility index (Phi) is 4.27. The molecule has 1 fully saturated rings. The van der Waals surface area contributed by atoms with Crippen molar-refractivity contribution in [2.24, 2.45) is 11.6 Å². The van der Waals surface area contributed by atoms with Crippen LogP contribution >= 0.6 is 0 Å². The van der Waals surface area contributed by atoms with E-state index in [4.69, 9.17) is 16.6 Å². The Labute approximate surface area is 169 Å². The summed E-state index contributed by atoms with van der Waals surface area (Å²) in [5.41, 5.74) is 15.2. The number of nitrogen functional groups attached to an aromatic ring is 1. The fourth-order valence-corrected chi connectivity index (χ4v) is 4.08. The lowest BCUT2D eigenvalue weighted by Crippen LogP contribution is -2.43. The van der Waals surface area contributed by atoms with Crippen molar-refractivity contribution in [1.82, 2.24) is 9.97 Å². The molecule has 5 heteroatoms. The Morgan fingerprint density at radius 1 is 0.897 bits per heavy atom. The summed E-state index contributed by atoms with van der Waals surface area (Å²) in [5, 5.41) is 0.893. The maximum absolute atomic E-state index is 6.50. The number of nitrogens with zero attached hydrogens (tertiary/aromatic N) is 2. The number of aromatic nitrogens is 2. The third kappa shape index (κ3) is 3.05. The monoisotopic (exact) mass is 381 g/mol. The number of hydrazine groups is 1. The van der Waals surface area contributed by atoms with Crippen LogP contribution in [0.1, 0.15) is 24.8 Å². The fraction of sp³-hybridized carbons (Fsp3) is 0.167. The SMILES string of the molecule is NNc1nccc2nc(-c3ccc(C4(N)CCC4)cc3)c(-c3ccccc3)cc12. The van der Waals surface area contributed by atoms with E-state index < -0.39 is 0 Å². The number of hydrogen-bond donors (Lipinski definition) is 3. The first-order valence-electron chi connectivity index (χ1n) is 9.89. The van der Waals surface area contributed by atoms with E-state index >= 15 is 0 Å². The Balaban J connectivity index is 1.69. The summed E-state index contributed by atoms with van der Waals surface area (Å²) >= 11 is 0. The molecule has 2 aromatic carbocycles. The van der Waals surface area contributed by atoms with E-state index in [1.807, 2.05) is 24.3 Å². The van der Waals surface area contributed by atoms with Gasteiger partial charge in [-0.2, -0.15) is 0 Å². The molecule has 0 unspecified atom stereocenters. The molecule has 29 heavy (non-hydrogen) atoms. The first-order chi connectivity index (χ1) is 14.2. The summed E-state index contributed by atoms with van der Waals surface area (Å²) in [6.07, 6.45) is 5.03. The first kappa shape index (κ1) is 17.8. The third-order valence-electron chi connectivity index (χ3n) is 5.94. The van der Waals surface area contributed by atoms with Crippen LogP contribution in [-0.4, -0.2) is 9.97 Å². The summed E-state index contributed by atoms with van der Waals surface area (Å²) in [6, 6.07) is 22.8. The van der Waals surface area contributed by atoms with Crippen molar-refractivity contribution in [2.75, 3.05) is 5.43 Å². The summed E-state index contributed by atoms with van der Waals surface area (Å²) in [7, 11) is 0. The molecular weight excluding hydrogens is 358 g/mol. The number of rotatable bonds is 4. The molecule has 0 amide bonds. The molecule has 1 saturated carbocycles. The van der Waals surface area contributed by atoms with Gasteiger partial charge in [0.05, 0.1) is 11.2 Å². The van der Waals surface area contributed by atoms with Crippen molar-refractivity contribution in [2.45, 2.75) is 24.8 Å². The van der Waals surface area contributed by atoms with E-state index in [9.17, 15) is 0 Å². The zero-order valence-electron chi connectivity index (χ0n) is 16.1. The standard InChI is InChI=1S/C24H23N5/c25-24(12-4-13-24)18-9-7-17(8-10-18)22-19(16-5-2-1-3-6-16)15-20-21(28-22)11-14-27-23(20)29-26/h1-3,5-11,14-15H,4,12-13,25-26H2,(H,27,29). The van der Waals surface area contributed by atoms with Gasteiger partial charge in [-0.1, -0.05) is 54.6 Å². The highest BCUT2D eigenvalue weighted by molar-refractivity contribution is 5.96.